The maximum absolute atomic E-state index is 12.8. The monoisotopic (exact) mass is 453 g/mol. The summed E-state index contributed by atoms with van der Waals surface area (Å²) in [5.74, 6) is -1.04. The maximum Gasteiger partial charge on any atom is 0.341 e. The minimum atomic E-state index is -0.821. The van der Waals surface area contributed by atoms with Gasteiger partial charge in [-0.1, -0.05) is 23.8 Å². The summed E-state index contributed by atoms with van der Waals surface area (Å²) in [6, 6.07) is 7.28. The van der Waals surface area contributed by atoms with Crippen LogP contribution in [0.1, 0.15) is 57.3 Å². The van der Waals surface area contributed by atoms with Crippen LogP contribution >= 0.6 is 11.3 Å². The molecule has 1 aliphatic carbocycles. The third-order valence-electron chi connectivity index (χ3n) is 5.30. The maximum atomic E-state index is 12.8. The molecular weight excluding hydrogens is 430 g/mol. The highest BCUT2D eigenvalue weighted by atomic mass is 32.1. The molecule has 3 N–H and O–H groups in total. The van der Waals surface area contributed by atoms with E-state index < -0.39 is 23.1 Å². The number of rotatable bonds is 5. The van der Waals surface area contributed by atoms with Gasteiger partial charge in [0.15, 0.2) is 0 Å². The first-order chi connectivity index (χ1) is 15.4. The van der Waals surface area contributed by atoms with E-state index in [-0.39, 0.29) is 17.9 Å². The fourth-order valence-electron chi connectivity index (χ4n) is 3.90. The van der Waals surface area contributed by atoms with Crippen LogP contribution in [0.15, 0.2) is 38.8 Å². The zero-order valence-electron chi connectivity index (χ0n) is 17.8. The topological polar surface area (TPSA) is 125 Å². The van der Waals surface area contributed by atoms with Gasteiger partial charge in [-0.2, -0.15) is 0 Å². The lowest BCUT2D eigenvalue weighted by Gasteiger charge is -2.12. The first kappa shape index (κ1) is 21.8. The number of ether oxygens (including phenoxy) is 1. The predicted octanol–water partition coefficient (Wildman–Crippen LogP) is 3.36. The second-order valence-corrected chi connectivity index (χ2v) is 8.66. The summed E-state index contributed by atoms with van der Waals surface area (Å²) in [6.07, 6.45) is 3.63. The number of aromatic hydroxyl groups is 1. The molecule has 0 fully saturated rings. The number of benzene rings is 1. The molecule has 2 heterocycles. The Morgan fingerprint density at radius 1 is 1.19 bits per heavy atom. The summed E-state index contributed by atoms with van der Waals surface area (Å²) in [6.45, 7) is 3.87. The van der Waals surface area contributed by atoms with Gasteiger partial charge in [-0.15, -0.1) is 11.3 Å². The quantitative estimate of drug-likeness (QED) is 0.404. The second kappa shape index (κ2) is 8.96. The Morgan fingerprint density at radius 3 is 2.69 bits per heavy atom. The molecule has 166 valence electrons. The molecule has 4 rings (SSSR count). The molecule has 0 bridgehead atoms. The van der Waals surface area contributed by atoms with Crippen molar-refractivity contribution in [3.8, 4) is 5.88 Å². The van der Waals surface area contributed by atoms with Gasteiger partial charge in [-0.25, -0.2) is 14.6 Å². The summed E-state index contributed by atoms with van der Waals surface area (Å²) in [4.78, 5) is 47.3. The number of carbonyl (C=O) groups is 1. The molecule has 3 aromatic rings. The Labute approximate surface area is 187 Å². The number of hydrogen-bond donors (Lipinski definition) is 3. The molecule has 0 aliphatic heterocycles. The molecule has 8 nitrogen and oxygen atoms in total. The molecule has 0 amide bonds. The van der Waals surface area contributed by atoms with Gasteiger partial charge in [0.1, 0.15) is 10.6 Å². The first-order valence-electron chi connectivity index (χ1n) is 10.4. The Bertz CT molecular complexity index is 1330. The van der Waals surface area contributed by atoms with E-state index in [2.05, 4.69) is 9.97 Å². The largest absolute Gasteiger partial charge is 0.494 e. The number of fused-ring (bicyclic) bond motifs is 1. The summed E-state index contributed by atoms with van der Waals surface area (Å²) < 4.78 is 5.30. The highest BCUT2D eigenvalue weighted by Gasteiger charge is 2.28. The highest BCUT2D eigenvalue weighted by Crippen LogP contribution is 2.41. The molecule has 0 saturated heterocycles. The molecule has 0 saturated carbocycles. The minimum Gasteiger partial charge on any atom is -0.494 e. The fourth-order valence-corrected chi connectivity index (χ4v) is 5.15. The molecule has 0 spiro atoms. The Balaban J connectivity index is 2.01. The number of hydrogen-bond acceptors (Lipinski definition) is 7. The molecule has 9 heteroatoms. The van der Waals surface area contributed by atoms with Crippen LogP contribution in [0, 0.1) is 6.92 Å². The summed E-state index contributed by atoms with van der Waals surface area (Å²) in [5.41, 5.74) is 1.25. The van der Waals surface area contributed by atoms with E-state index in [4.69, 9.17) is 9.73 Å². The van der Waals surface area contributed by atoms with Crippen molar-refractivity contribution in [3.63, 3.8) is 0 Å². The van der Waals surface area contributed by atoms with Crippen LogP contribution in [0.4, 0.5) is 5.00 Å². The van der Waals surface area contributed by atoms with E-state index >= 15 is 0 Å². The van der Waals surface area contributed by atoms with Gasteiger partial charge < -0.3 is 9.84 Å². The van der Waals surface area contributed by atoms with Gasteiger partial charge in [0.05, 0.1) is 17.9 Å². The van der Waals surface area contributed by atoms with Gasteiger partial charge >= 0.3 is 11.7 Å². The molecule has 2 aromatic heterocycles. The normalized spacial score (nSPS) is 13.6. The number of esters is 1. The number of aryl methyl sites for hydroxylation is 2. The first-order valence-corrected chi connectivity index (χ1v) is 11.2. The van der Waals surface area contributed by atoms with E-state index in [0.29, 0.717) is 16.1 Å². The van der Waals surface area contributed by atoms with Gasteiger partial charge in [-0.05, 0) is 51.2 Å². The van der Waals surface area contributed by atoms with Crippen molar-refractivity contribution in [1.82, 2.24) is 9.97 Å². The number of carbonyl (C=O) groups excluding carboxylic acids is 1. The van der Waals surface area contributed by atoms with Crippen molar-refractivity contribution in [2.24, 2.45) is 4.99 Å². The van der Waals surface area contributed by atoms with Crippen molar-refractivity contribution >= 4 is 28.0 Å². The number of nitrogens with one attached hydrogen (secondary N) is 2. The molecule has 0 atom stereocenters. The van der Waals surface area contributed by atoms with Crippen LogP contribution in [0.2, 0.25) is 0 Å². The number of thiophene rings is 1. The smallest absolute Gasteiger partial charge is 0.341 e. The molecule has 1 aliphatic rings. The lowest BCUT2D eigenvalue weighted by Crippen LogP contribution is -2.28. The Morgan fingerprint density at radius 2 is 1.97 bits per heavy atom. The Kier molecular flexibility index (Phi) is 6.09. The van der Waals surface area contributed by atoms with E-state index in [1.54, 1.807) is 13.0 Å². The molecule has 32 heavy (non-hydrogen) atoms. The zero-order chi connectivity index (χ0) is 22.8. The van der Waals surface area contributed by atoms with Crippen molar-refractivity contribution in [2.45, 2.75) is 39.5 Å². The van der Waals surface area contributed by atoms with Crippen molar-refractivity contribution in [2.75, 3.05) is 6.61 Å². The highest BCUT2D eigenvalue weighted by molar-refractivity contribution is 7.16. The van der Waals surface area contributed by atoms with E-state index in [1.807, 2.05) is 25.1 Å². The van der Waals surface area contributed by atoms with Crippen LogP contribution in [0.5, 0.6) is 5.88 Å². The SMILES string of the molecule is CCOC(=O)c1c(/N=C(\c2cccc(C)c2)c2c(O)[nH]c(=O)[nH]c2=O)sc2c1CCCC2. The summed E-state index contributed by atoms with van der Waals surface area (Å²) in [7, 11) is 0. The van der Waals surface area contributed by atoms with Crippen molar-refractivity contribution in [3.05, 3.63) is 77.8 Å². The molecule has 1 aromatic carbocycles. The fraction of sp³-hybridized carbons (Fsp3) is 0.304. The number of H-pyrrole nitrogens is 2. The average molecular weight is 454 g/mol. The molecule has 0 unspecified atom stereocenters. The van der Waals surface area contributed by atoms with Crippen LogP contribution < -0.4 is 11.2 Å². The zero-order valence-corrected chi connectivity index (χ0v) is 18.6. The molecular formula is C23H23N3O5S. The average Bonchev–Trinajstić information content (AvgIpc) is 3.10. The van der Waals surface area contributed by atoms with Crippen molar-refractivity contribution in [1.29, 1.82) is 0 Å². The summed E-state index contributed by atoms with van der Waals surface area (Å²) in [5, 5.41) is 10.9. The van der Waals surface area contributed by atoms with Gasteiger partial charge in [-0.3, -0.25) is 14.8 Å². The summed E-state index contributed by atoms with van der Waals surface area (Å²) >= 11 is 1.40. The number of nitrogens with zero attached hydrogens (tertiary/aromatic N) is 1. The van der Waals surface area contributed by atoms with Crippen molar-refractivity contribution < 1.29 is 14.6 Å². The number of aromatic nitrogens is 2. The number of aliphatic imine (C=N–C) groups is 1. The lowest BCUT2D eigenvalue weighted by molar-refractivity contribution is 0.0526. The molecule has 0 radical (unpaired) electrons. The van der Waals surface area contributed by atoms with E-state index in [0.717, 1.165) is 41.7 Å². The standard InChI is InChI=1S/C23H23N3O5S/c1-3-31-22(29)16-14-9-4-5-10-15(14)32-21(16)24-18(13-8-6-7-12(2)11-13)17-19(27)25-23(30)26-20(17)28/h6-8,11H,3-5,9-10H2,1-2H3,(H3,25,26,27,28,30)/b24-18+. The Hall–Kier alpha value is -3.46. The second-order valence-electron chi connectivity index (χ2n) is 7.57. The van der Waals surface area contributed by atoms with Crippen LogP contribution in [0.3, 0.4) is 0 Å². The van der Waals surface area contributed by atoms with Gasteiger partial charge in [0.2, 0.25) is 5.88 Å². The van der Waals surface area contributed by atoms with Gasteiger partial charge in [0.25, 0.3) is 5.56 Å². The third-order valence-corrected chi connectivity index (χ3v) is 6.48. The number of aromatic amines is 2. The lowest BCUT2D eigenvalue weighted by atomic mass is 9.95. The van der Waals surface area contributed by atoms with Crippen LogP contribution in [0.25, 0.3) is 0 Å². The predicted molar refractivity (Wildman–Crippen MR) is 123 cm³/mol. The third kappa shape index (κ3) is 4.16. The van der Waals surface area contributed by atoms with Gasteiger partial charge in [0, 0.05) is 10.4 Å². The van der Waals surface area contributed by atoms with Crippen LogP contribution in [-0.2, 0) is 17.6 Å². The van der Waals surface area contributed by atoms with Crippen LogP contribution in [-0.4, -0.2) is 33.4 Å². The minimum absolute atomic E-state index is 0.160. The van der Waals surface area contributed by atoms with E-state index in [9.17, 15) is 19.5 Å². The van der Waals surface area contributed by atoms with E-state index in [1.165, 1.54) is 11.3 Å².